The molecular formula is C17H21NO2. The summed E-state index contributed by atoms with van der Waals surface area (Å²) in [6.07, 6.45) is 1.01. The van der Waals surface area contributed by atoms with E-state index in [1.54, 1.807) is 12.1 Å². The monoisotopic (exact) mass is 271 g/mol. The van der Waals surface area contributed by atoms with Crippen molar-refractivity contribution in [2.75, 3.05) is 11.9 Å². The number of nitrogens with one attached hydrogen (secondary N) is 1. The van der Waals surface area contributed by atoms with Gasteiger partial charge in [-0.25, -0.2) is 0 Å². The molecule has 0 unspecified atom stereocenters. The molecule has 0 fully saturated rings. The zero-order chi connectivity index (χ0) is 14.4. The van der Waals surface area contributed by atoms with Crippen molar-refractivity contribution >= 4 is 5.69 Å². The average molecular weight is 271 g/mol. The third-order valence-corrected chi connectivity index (χ3v) is 3.06. The summed E-state index contributed by atoms with van der Waals surface area (Å²) >= 11 is 0. The first kappa shape index (κ1) is 14.3. The number of hydrogen-bond acceptors (Lipinski definition) is 3. The minimum Gasteiger partial charge on any atom is -0.508 e. The maximum Gasteiger partial charge on any atom is 0.119 e. The summed E-state index contributed by atoms with van der Waals surface area (Å²) in [5, 5.41) is 12.8. The van der Waals surface area contributed by atoms with E-state index in [9.17, 15) is 5.11 Å². The van der Waals surface area contributed by atoms with Crippen molar-refractivity contribution in [3.63, 3.8) is 0 Å². The molecule has 0 aliphatic heterocycles. The largest absolute Gasteiger partial charge is 0.508 e. The van der Waals surface area contributed by atoms with Gasteiger partial charge in [0.05, 0.1) is 6.61 Å². The van der Waals surface area contributed by atoms with Gasteiger partial charge in [-0.05, 0) is 54.8 Å². The zero-order valence-electron chi connectivity index (χ0n) is 12.0. The van der Waals surface area contributed by atoms with Crippen LogP contribution >= 0.6 is 0 Å². The van der Waals surface area contributed by atoms with Crippen molar-refractivity contribution in [2.45, 2.75) is 26.8 Å². The summed E-state index contributed by atoms with van der Waals surface area (Å²) in [5.41, 5.74) is 3.23. The van der Waals surface area contributed by atoms with Gasteiger partial charge in [-0.3, -0.25) is 0 Å². The highest BCUT2D eigenvalue weighted by Gasteiger charge is 2.01. The Morgan fingerprint density at radius 2 is 2.00 bits per heavy atom. The molecule has 0 aliphatic rings. The molecule has 0 heterocycles. The van der Waals surface area contributed by atoms with Gasteiger partial charge in [0.1, 0.15) is 11.5 Å². The number of ether oxygens (including phenoxy) is 1. The summed E-state index contributed by atoms with van der Waals surface area (Å²) in [5.74, 6) is 1.21. The molecule has 0 spiro atoms. The topological polar surface area (TPSA) is 41.5 Å². The molecule has 0 saturated heterocycles. The number of phenols is 1. The highest BCUT2D eigenvalue weighted by atomic mass is 16.5. The van der Waals surface area contributed by atoms with Crippen LogP contribution in [0, 0.1) is 6.92 Å². The van der Waals surface area contributed by atoms with Crippen LogP contribution in [0.4, 0.5) is 5.69 Å². The van der Waals surface area contributed by atoms with Crippen molar-refractivity contribution in [3.8, 4) is 11.5 Å². The summed E-state index contributed by atoms with van der Waals surface area (Å²) < 4.78 is 5.63. The van der Waals surface area contributed by atoms with Crippen LogP contribution in [0.3, 0.4) is 0 Å². The van der Waals surface area contributed by atoms with Gasteiger partial charge < -0.3 is 15.2 Å². The smallest absolute Gasteiger partial charge is 0.119 e. The summed E-state index contributed by atoms with van der Waals surface area (Å²) in [4.78, 5) is 0. The Bertz CT molecular complexity index is 567. The maximum absolute atomic E-state index is 9.40. The van der Waals surface area contributed by atoms with Crippen LogP contribution in [0.15, 0.2) is 42.5 Å². The van der Waals surface area contributed by atoms with E-state index in [1.165, 1.54) is 5.56 Å². The van der Waals surface area contributed by atoms with E-state index in [0.717, 1.165) is 36.6 Å². The van der Waals surface area contributed by atoms with Crippen molar-refractivity contribution in [1.82, 2.24) is 0 Å². The Hall–Kier alpha value is -2.16. The zero-order valence-corrected chi connectivity index (χ0v) is 12.0. The highest BCUT2D eigenvalue weighted by molar-refractivity contribution is 5.53. The number of benzene rings is 2. The first-order valence-corrected chi connectivity index (χ1v) is 6.94. The fourth-order valence-corrected chi connectivity index (χ4v) is 2.01. The van der Waals surface area contributed by atoms with E-state index in [0.29, 0.717) is 5.75 Å². The van der Waals surface area contributed by atoms with Gasteiger partial charge in [0.15, 0.2) is 0 Å². The molecule has 3 heteroatoms. The van der Waals surface area contributed by atoms with Crippen LogP contribution in [0.5, 0.6) is 11.5 Å². The lowest BCUT2D eigenvalue weighted by atomic mass is 10.1. The van der Waals surface area contributed by atoms with Crippen LogP contribution in [0.2, 0.25) is 0 Å². The molecule has 20 heavy (non-hydrogen) atoms. The van der Waals surface area contributed by atoms with Gasteiger partial charge in [0.2, 0.25) is 0 Å². The van der Waals surface area contributed by atoms with Gasteiger partial charge in [-0.1, -0.05) is 19.1 Å². The summed E-state index contributed by atoms with van der Waals surface area (Å²) in [7, 11) is 0. The Kier molecular flexibility index (Phi) is 4.88. The van der Waals surface area contributed by atoms with Gasteiger partial charge in [-0.15, -0.1) is 0 Å². The third-order valence-electron chi connectivity index (χ3n) is 3.06. The van der Waals surface area contributed by atoms with Crippen LogP contribution in [-0.4, -0.2) is 11.7 Å². The molecule has 0 saturated carbocycles. The molecule has 2 aromatic carbocycles. The van der Waals surface area contributed by atoms with Crippen LogP contribution < -0.4 is 10.1 Å². The number of rotatable bonds is 6. The van der Waals surface area contributed by atoms with Crippen molar-refractivity contribution < 1.29 is 9.84 Å². The third kappa shape index (κ3) is 3.92. The second-order valence-corrected chi connectivity index (χ2v) is 4.85. The van der Waals surface area contributed by atoms with E-state index >= 15 is 0 Å². The number of anilines is 1. The first-order chi connectivity index (χ1) is 9.69. The molecule has 0 radical (unpaired) electrons. The molecule has 3 nitrogen and oxygen atoms in total. The molecule has 0 amide bonds. The van der Waals surface area contributed by atoms with Crippen molar-refractivity contribution in [2.24, 2.45) is 0 Å². The lowest BCUT2D eigenvalue weighted by molar-refractivity contribution is 0.317. The predicted octanol–water partition coefficient (Wildman–Crippen LogP) is 4.10. The number of aromatic hydroxyl groups is 1. The number of phenolic OH excluding ortho intramolecular Hbond substituents is 1. The molecule has 2 N–H and O–H groups in total. The maximum atomic E-state index is 9.40. The SMILES string of the molecule is CCCOc1cccc(CNc2ccc(O)cc2C)c1. The number of hydrogen-bond donors (Lipinski definition) is 2. The van der Waals surface area contributed by atoms with E-state index in [1.807, 2.05) is 25.1 Å². The van der Waals surface area contributed by atoms with Crippen molar-refractivity contribution in [1.29, 1.82) is 0 Å². The van der Waals surface area contributed by atoms with Crippen LogP contribution in [-0.2, 0) is 6.54 Å². The standard InChI is InChI=1S/C17H21NO2/c1-3-9-20-16-6-4-5-14(11-16)12-18-17-8-7-15(19)10-13(17)2/h4-8,10-11,18-19H,3,9,12H2,1-2H3. The molecular weight excluding hydrogens is 250 g/mol. The molecule has 0 aliphatic carbocycles. The minimum atomic E-state index is 0.294. The Morgan fingerprint density at radius 1 is 1.15 bits per heavy atom. The molecule has 0 atom stereocenters. The molecule has 0 bridgehead atoms. The Balaban J connectivity index is 1.99. The average Bonchev–Trinajstić information content (AvgIpc) is 2.45. The lowest BCUT2D eigenvalue weighted by Gasteiger charge is -2.11. The second kappa shape index (κ2) is 6.85. The van der Waals surface area contributed by atoms with Gasteiger partial charge in [-0.2, -0.15) is 0 Å². The summed E-state index contributed by atoms with van der Waals surface area (Å²) in [6, 6.07) is 13.4. The molecule has 2 aromatic rings. The molecule has 0 aromatic heterocycles. The Labute approximate surface area is 120 Å². The minimum absolute atomic E-state index is 0.294. The predicted molar refractivity (Wildman–Crippen MR) is 82.4 cm³/mol. The van der Waals surface area contributed by atoms with E-state index in [-0.39, 0.29) is 0 Å². The fraction of sp³-hybridized carbons (Fsp3) is 0.294. The van der Waals surface area contributed by atoms with Crippen molar-refractivity contribution in [3.05, 3.63) is 53.6 Å². The quantitative estimate of drug-likeness (QED) is 0.777. The molecule has 106 valence electrons. The fourth-order valence-electron chi connectivity index (χ4n) is 2.01. The normalized spacial score (nSPS) is 10.3. The van der Waals surface area contributed by atoms with E-state index in [2.05, 4.69) is 24.4 Å². The van der Waals surface area contributed by atoms with E-state index in [4.69, 9.17) is 4.74 Å². The van der Waals surface area contributed by atoms with Gasteiger partial charge in [0.25, 0.3) is 0 Å². The second-order valence-electron chi connectivity index (χ2n) is 4.85. The van der Waals surface area contributed by atoms with Gasteiger partial charge >= 0.3 is 0 Å². The van der Waals surface area contributed by atoms with Crippen LogP contribution in [0.25, 0.3) is 0 Å². The Morgan fingerprint density at radius 3 is 2.75 bits per heavy atom. The lowest BCUT2D eigenvalue weighted by Crippen LogP contribution is -2.02. The highest BCUT2D eigenvalue weighted by Crippen LogP contribution is 2.21. The first-order valence-electron chi connectivity index (χ1n) is 6.94. The summed E-state index contributed by atoms with van der Waals surface area (Å²) in [6.45, 7) is 5.55. The van der Waals surface area contributed by atoms with Gasteiger partial charge in [0, 0.05) is 12.2 Å². The van der Waals surface area contributed by atoms with Crippen LogP contribution in [0.1, 0.15) is 24.5 Å². The molecule has 2 rings (SSSR count). The number of aryl methyl sites for hydroxylation is 1. The van der Waals surface area contributed by atoms with E-state index < -0.39 is 0 Å².